The fourth-order valence-electron chi connectivity index (χ4n) is 4.85. The molecule has 0 amide bonds. The maximum atomic E-state index is 11.8. The van der Waals surface area contributed by atoms with E-state index in [9.17, 15) is 9.90 Å². The minimum atomic E-state index is -0.741. The van der Waals surface area contributed by atoms with E-state index in [0.29, 0.717) is 30.0 Å². The summed E-state index contributed by atoms with van der Waals surface area (Å²) in [4.78, 5) is 18.3. The maximum Gasteiger partial charge on any atom is 0.320 e. The fraction of sp³-hybridized carbons (Fsp3) is 0.545. The molecule has 2 heterocycles. The van der Waals surface area contributed by atoms with Gasteiger partial charge in [0.15, 0.2) is 5.76 Å². The van der Waals surface area contributed by atoms with Gasteiger partial charge in [0.05, 0.1) is 25.4 Å². The first kappa shape index (κ1) is 19.0. The van der Waals surface area contributed by atoms with Crippen LogP contribution < -0.4 is 4.74 Å². The van der Waals surface area contributed by atoms with Crippen LogP contribution in [0.3, 0.4) is 0 Å². The Bertz CT molecular complexity index is 812. The highest BCUT2D eigenvalue weighted by molar-refractivity contribution is 5.74. The average Bonchev–Trinajstić information content (AvgIpc) is 3.36. The van der Waals surface area contributed by atoms with Gasteiger partial charge in [-0.3, -0.25) is 9.69 Å². The lowest BCUT2D eigenvalue weighted by Gasteiger charge is -2.27. The molecule has 2 atom stereocenters. The Morgan fingerprint density at radius 3 is 2.79 bits per heavy atom. The molecule has 2 aliphatic rings. The van der Waals surface area contributed by atoms with E-state index in [-0.39, 0.29) is 0 Å². The summed E-state index contributed by atoms with van der Waals surface area (Å²) in [6, 6.07) is 7.20. The van der Waals surface area contributed by atoms with Gasteiger partial charge in [-0.2, -0.15) is 0 Å². The lowest BCUT2D eigenvalue weighted by atomic mass is 9.79. The number of carbonyl (C=O) groups is 1. The molecular formula is C22H28N2O4. The van der Waals surface area contributed by atoms with Crippen LogP contribution in [-0.4, -0.2) is 40.7 Å². The predicted molar refractivity (Wildman–Crippen MR) is 105 cm³/mol. The molecule has 2 unspecified atom stereocenters. The van der Waals surface area contributed by atoms with Crippen LogP contribution in [0.2, 0.25) is 0 Å². The molecule has 1 saturated heterocycles. The lowest BCUT2D eigenvalue weighted by molar-refractivity contribution is -0.142. The van der Waals surface area contributed by atoms with Gasteiger partial charge in [-0.15, -0.1) is 0 Å². The van der Waals surface area contributed by atoms with Crippen molar-refractivity contribution in [1.82, 2.24) is 9.88 Å². The second kappa shape index (κ2) is 8.35. The van der Waals surface area contributed by atoms with Gasteiger partial charge in [0.25, 0.3) is 0 Å². The molecule has 0 bridgehead atoms. The molecule has 2 aromatic rings. The minimum absolute atomic E-state index is 0.426. The summed E-state index contributed by atoms with van der Waals surface area (Å²) < 4.78 is 11.4. The third-order valence-electron chi connectivity index (χ3n) is 6.30. The van der Waals surface area contributed by atoms with Crippen molar-refractivity contribution in [2.45, 2.75) is 51.1 Å². The number of para-hydroxylation sites is 1. The number of oxazole rings is 1. The first-order valence-electron chi connectivity index (χ1n) is 10.2. The largest absolute Gasteiger partial charge is 0.496 e. The number of hydrogen-bond donors (Lipinski definition) is 1. The number of carboxylic acid groups (broad SMARTS) is 1. The van der Waals surface area contributed by atoms with Gasteiger partial charge in [-0.1, -0.05) is 44.2 Å². The number of benzene rings is 1. The summed E-state index contributed by atoms with van der Waals surface area (Å²) in [7, 11) is 1.63. The summed E-state index contributed by atoms with van der Waals surface area (Å²) in [5.74, 6) is 2.31. The van der Waals surface area contributed by atoms with Crippen molar-refractivity contribution in [1.29, 1.82) is 0 Å². The Hall–Kier alpha value is -2.34. The number of hydrogen-bond acceptors (Lipinski definition) is 5. The topological polar surface area (TPSA) is 75.8 Å². The zero-order valence-corrected chi connectivity index (χ0v) is 16.3. The SMILES string of the molecule is COc1ccccc1-c1cnc(CN2CC(C3CCCCC3)CC2C(=O)O)o1. The monoisotopic (exact) mass is 384 g/mol. The molecule has 1 saturated carbocycles. The Balaban J connectivity index is 1.48. The number of rotatable bonds is 6. The fourth-order valence-corrected chi connectivity index (χ4v) is 4.85. The second-order valence-electron chi connectivity index (χ2n) is 8.00. The summed E-state index contributed by atoms with van der Waals surface area (Å²) in [5.41, 5.74) is 0.847. The molecule has 1 N–H and O–H groups in total. The number of aromatic nitrogens is 1. The molecule has 28 heavy (non-hydrogen) atoms. The van der Waals surface area contributed by atoms with Crippen LogP contribution in [0.4, 0.5) is 0 Å². The summed E-state index contributed by atoms with van der Waals surface area (Å²) >= 11 is 0. The van der Waals surface area contributed by atoms with Crippen molar-refractivity contribution >= 4 is 5.97 Å². The highest BCUT2D eigenvalue weighted by Gasteiger charge is 2.40. The van der Waals surface area contributed by atoms with Crippen molar-refractivity contribution in [2.24, 2.45) is 11.8 Å². The average molecular weight is 384 g/mol. The van der Waals surface area contributed by atoms with E-state index >= 15 is 0 Å². The number of methoxy groups -OCH3 is 1. The van der Waals surface area contributed by atoms with Gasteiger partial charge < -0.3 is 14.3 Å². The van der Waals surface area contributed by atoms with E-state index in [2.05, 4.69) is 4.98 Å². The van der Waals surface area contributed by atoms with Gasteiger partial charge in [-0.05, 0) is 30.4 Å². The van der Waals surface area contributed by atoms with Crippen molar-refractivity contribution in [3.63, 3.8) is 0 Å². The molecule has 1 aliphatic heterocycles. The number of aliphatic carboxylic acids is 1. The van der Waals surface area contributed by atoms with Crippen molar-refractivity contribution in [2.75, 3.05) is 13.7 Å². The zero-order valence-electron chi connectivity index (χ0n) is 16.3. The smallest absolute Gasteiger partial charge is 0.320 e. The van der Waals surface area contributed by atoms with Gasteiger partial charge in [0.1, 0.15) is 11.8 Å². The van der Waals surface area contributed by atoms with Crippen LogP contribution >= 0.6 is 0 Å². The quantitative estimate of drug-likeness (QED) is 0.804. The van der Waals surface area contributed by atoms with E-state index in [1.807, 2.05) is 29.2 Å². The summed E-state index contributed by atoms with van der Waals surface area (Å²) in [6.07, 6.45) is 8.78. The Morgan fingerprint density at radius 1 is 1.25 bits per heavy atom. The molecule has 1 aliphatic carbocycles. The molecule has 6 nitrogen and oxygen atoms in total. The Kier molecular flexibility index (Phi) is 5.67. The van der Waals surface area contributed by atoms with Crippen LogP contribution in [-0.2, 0) is 11.3 Å². The van der Waals surface area contributed by atoms with E-state index in [1.54, 1.807) is 13.3 Å². The third kappa shape index (κ3) is 3.92. The van der Waals surface area contributed by atoms with Crippen molar-refractivity contribution in [3.8, 4) is 17.1 Å². The van der Waals surface area contributed by atoms with E-state index in [0.717, 1.165) is 24.3 Å². The summed E-state index contributed by atoms with van der Waals surface area (Å²) in [5, 5.41) is 9.72. The van der Waals surface area contributed by atoms with E-state index in [4.69, 9.17) is 9.15 Å². The first-order chi connectivity index (χ1) is 13.7. The van der Waals surface area contributed by atoms with Crippen molar-refractivity contribution in [3.05, 3.63) is 36.4 Å². The first-order valence-corrected chi connectivity index (χ1v) is 10.2. The van der Waals surface area contributed by atoms with E-state index < -0.39 is 12.0 Å². The molecule has 150 valence electrons. The van der Waals surface area contributed by atoms with E-state index in [1.165, 1.54) is 32.1 Å². The van der Waals surface area contributed by atoms with Crippen LogP contribution in [0, 0.1) is 11.8 Å². The molecule has 1 aromatic heterocycles. The maximum absolute atomic E-state index is 11.8. The minimum Gasteiger partial charge on any atom is -0.496 e. The van der Waals surface area contributed by atoms with Crippen LogP contribution in [0.15, 0.2) is 34.9 Å². The predicted octanol–water partition coefficient (Wildman–Crippen LogP) is 4.21. The summed E-state index contributed by atoms with van der Waals surface area (Å²) in [6.45, 7) is 1.24. The molecule has 6 heteroatoms. The Labute approximate surface area is 165 Å². The van der Waals surface area contributed by atoms with Gasteiger partial charge >= 0.3 is 5.97 Å². The van der Waals surface area contributed by atoms with Crippen molar-refractivity contribution < 1.29 is 19.1 Å². The number of likely N-dealkylation sites (tertiary alicyclic amines) is 1. The molecular weight excluding hydrogens is 356 g/mol. The zero-order chi connectivity index (χ0) is 19.5. The van der Waals surface area contributed by atoms with Crippen LogP contribution in [0.25, 0.3) is 11.3 Å². The van der Waals surface area contributed by atoms with Gasteiger partial charge in [0, 0.05) is 6.54 Å². The highest BCUT2D eigenvalue weighted by Crippen LogP contribution is 2.38. The number of nitrogens with zero attached hydrogens (tertiary/aromatic N) is 2. The third-order valence-corrected chi connectivity index (χ3v) is 6.30. The Morgan fingerprint density at radius 2 is 2.04 bits per heavy atom. The molecule has 2 fully saturated rings. The molecule has 0 radical (unpaired) electrons. The second-order valence-corrected chi connectivity index (χ2v) is 8.00. The molecule has 1 aromatic carbocycles. The lowest BCUT2D eigenvalue weighted by Crippen LogP contribution is -2.35. The van der Waals surface area contributed by atoms with Gasteiger partial charge in [-0.25, -0.2) is 4.98 Å². The number of ether oxygens (including phenoxy) is 1. The number of carboxylic acids is 1. The normalized spacial score (nSPS) is 23.8. The van der Waals surface area contributed by atoms with Crippen LogP contribution in [0.5, 0.6) is 5.75 Å². The highest BCUT2D eigenvalue weighted by atomic mass is 16.5. The standard InChI is InChI=1S/C22H28N2O4/c1-27-19-10-6-5-9-17(19)20-12-23-21(28-20)14-24-13-16(11-18(24)22(25)26)15-7-3-2-4-8-15/h5-6,9-10,12,15-16,18H,2-4,7-8,11,13-14H2,1H3,(H,25,26). The van der Waals surface area contributed by atoms with Gasteiger partial charge in [0.2, 0.25) is 5.89 Å². The van der Waals surface area contributed by atoms with Crippen LogP contribution in [0.1, 0.15) is 44.4 Å². The molecule has 4 rings (SSSR count). The molecule has 0 spiro atoms.